The fourth-order valence-corrected chi connectivity index (χ4v) is 3.64. The SMILES string of the molecule is Cc1[nH]c(C2CCS(=O)(=O)C2)nc1C(=O)O. The molecule has 2 rings (SSSR count). The summed E-state index contributed by atoms with van der Waals surface area (Å²) in [6, 6.07) is 0. The number of hydrogen-bond acceptors (Lipinski definition) is 4. The highest BCUT2D eigenvalue weighted by Crippen LogP contribution is 2.27. The number of imidazole rings is 1. The zero-order valence-electron chi connectivity index (χ0n) is 8.73. The van der Waals surface area contributed by atoms with Gasteiger partial charge >= 0.3 is 5.97 Å². The lowest BCUT2D eigenvalue weighted by molar-refractivity contribution is 0.0690. The third-order valence-electron chi connectivity index (χ3n) is 2.72. The fourth-order valence-electron chi connectivity index (χ4n) is 1.90. The topological polar surface area (TPSA) is 100 Å². The van der Waals surface area contributed by atoms with Crippen LogP contribution in [0.4, 0.5) is 0 Å². The summed E-state index contributed by atoms with van der Waals surface area (Å²) < 4.78 is 22.6. The molecule has 88 valence electrons. The van der Waals surface area contributed by atoms with Gasteiger partial charge < -0.3 is 10.1 Å². The van der Waals surface area contributed by atoms with Crippen LogP contribution in [0.2, 0.25) is 0 Å². The number of sulfone groups is 1. The van der Waals surface area contributed by atoms with Gasteiger partial charge in [-0.15, -0.1) is 0 Å². The van der Waals surface area contributed by atoms with Crippen LogP contribution in [0.25, 0.3) is 0 Å². The summed E-state index contributed by atoms with van der Waals surface area (Å²) in [4.78, 5) is 17.6. The Labute approximate surface area is 92.6 Å². The Kier molecular flexibility index (Phi) is 2.49. The third kappa shape index (κ3) is 1.95. The number of aromatic amines is 1. The van der Waals surface area contributed by atoms with E-state index >= 15 is 0 Å². The Morgan fingerprint density at radius 1 is 1.56 bits per heavy atom. The Morgan fingerprint density at radius 3 is 2.69 bits per heavy atom. The van der Waals surface area contributed by atoms with E-state index in [1.807, 2.05) is 0 Å². The molecule has 0 radical (unpaired) electrons. The number of H-pyrrole nitrogens is 1. The maximum atomic E-state index is 11.3. The van der Waals surface area contributed by atoms with Gasteiger partial charge in [0.1, 0.15) is 5.82 Å². The number of aromatic nitrogens is 2. The second-order valence-corrected chi connectivity index (χ2v) is 6.23. The van der Waals surface area contributed by atoms with E-state index in [0.29, 0.717) is 17.9 Å². The lowest BCUT2D eigenvalue weighted by Gasteiger charge is -2.01. The molecule has 0 spiro atoms. The van der Waals surface area contributed by atoms with Crippen LogP contribution in [-0.2, 0) is 9.84 Å². The molecule has 1 fully saturated rings. The smallest absolute Gasteiger partial charge is 0.356 e. The molecule has 1 aliphatic heterocycles. The number of hydrogen-bond donors (Lipinski definition) is 2. The van der Waals surface area contributed by atoms with Gasteiger partial charge in [-0.05, 0) is 13.3 Å². The first kappa shape index (κ1) is 11.1. The minimum atomic E-state index is -2.97. The maximum Gasteiger partial charge on any atom is 0.356 e. The number of carbonyl (C=O) groups is 1. The number of nitrogens with one attached hydrogen (secondary N) is 1. The van der Waals surface area contributed by atoms with E-state index in [2.05, 4.69) is 9.97 Å². The molecule has 2 heterocycles. The molecule has 0 saturated carbocycles. The number of aromatic carboxylic acids is 1. The van der Waals surface area contributed by atoms with Crippen LogP contribution < -0.4 is 0 Å². The van der Waals surface area contributed by atoms with Crippen LogP contribution in [0.1, 0.15) is 34.3 Å². The summed E-state index contributed by atoms with van der Waals surface area (Å²) in [5.41, 5.74) is 0.436. The summed E-state index contributed by atoms with van der Waals surface area (Å²) in [5, 5.41) is 8.82. The first-order chi connectivity index (χ1) is 7.39. The molecule has 1 unspecified atom stereocenters. The summed E-state index contributed by atoms with van der Waals surface area (Å²) in [6.45, 7) is 1.61. The molecular weight excluding hydrogens is 232 g/mol. The fraction of sp³-hybridized carbons (Fsp3) is 0.556. The van der Waals surface area contributed by atoms with Crippen molar-refractivity contribution in [2.45, 2.75) is 19.3 Å². The van der Waals surface area contributed by atoms with E-state index in [1.165, 1.54) is 0 Å². The second-order valence-electron chi connectivity index (χ2n) is 4.00. The van der Waals surface area contributed by atoms with Crippen LogP contribution >= 0.6 is 0 Å². The second kappa shape index (κ2) is 3.58. The van der Waals surface area contributed by atoms with Crippen LogP contribution in [0.15, 0.2) is 0 Å². The lowest BCUT2D eigenvalue weighted by Crippen LogP contribution is -2.05. The van der Waals surface area contributed by atoms with E-state index in [9.17, 15) is 13.2 Å². The van der Waals surface area contributed by atoms with Crippen molar-refractivity contribution in [3.63, 3.8) is 0 Å². The Hall–Kier alpha value is -1.37. The minimum absolute atomic E-state index is 0.0284. The van der Waals surface area contributed by atoms with Gasteiger partial charge in [-0.3, -0.25) is 0 Å². The lowest BCUT2D eigenvalue weighted by atomic mass is 10.1. The highest BCUT2D eigenvalue weighted by molar-refractivity contribution is 7.91. The highest BCUT2D eigenvalue weighted by atomic mass is 32.2. The molecule has 7 heteroatoms. The number of rotatable bonds is 2. The van der Waals surface area contributed by atoms with E-state index < -0.39 is 15.8 Å². The molecule has 0 amide bonds. The average Bonchev–Trinajstić information content (AvgIpc) is 2.69. The zero-order valence-corrected chi connectivity index (χ0v) is 9.54. The molecule has 6 nitrogen and oxygen atoms in total. The van der Waals surface area contributed by atoms with Crippen molar-refractivity contribution >= 4 is 15.8 Å². The van der Waals surface area contributed by atoms with Crippen LogP contribution in [0.3, 0.4) is 0 Å². The van der Waals surface area contributed by atoms with Gasteiger partial charge in [0.05, 0.1) is 11.5 Å². The number of carboxylic acid groups (broad SMARTS) is 1. The number of aryl methyl sites for hydroxylation is 1. The molecule has 0 bridgehead atoms. The molecular formula is C9H12N2O4S. The van der Waals surface area contributed by atoms with Crippen molar-refractivity contribution in [3.8, 4) is 0 Å². The van der Waals surface area contributed by atoms with Crippen molar-refractivity contribution in [3.05, 3.63) is 17.2 Å². The van der Waals surface area contributed by atoms with Gasteiger partial charge in [0.25, 0.3) is 0 Å². The van der Waals surface area contributed by atoms with Crippen LogP contribution in [0.5, 0.6) is 0 Å². The van der Waals surface area contributed by atoms with Gasteiger partial charge in [0.15, 0.2) is 15.5 Å². The van der Waals surface area contributed by atoms with E-state index in [1.54, 1.807) is 6.92 Å². The van der Waals surface area contributed by atoms with E-state index in [4.69, 9.17) is 5.11 Å². The summed E-state index contributed by atoms with van der Waals surface area (Å²) in [7, 11) is -2.97. The molecule has 16 heavy (non-hydrogen) atoms. The molecule has 1 aliphatic rings. The van der Waals surface area contributed by atoms with Gasteiger partial charge in [-0.25, -0.2) is 18.2 Å². The van der Waals surface area contributed by atoms with Crippen molar-refractivity contribution in [2.24, 2.45) is 0 Å². The van der Waals surface area contributed by atoms with Gasteiger partial charge in [0.2, 0.25) is 0 Å². The standard InChI is InChI=1S/C9H12N2O4S/c1-5-7(9(12)13)11-8(10-5)6-2-3-16(14,15)4-6/h6H,2-4H2,1H3,(H,10,11)(H,12,13). The summed E-state index contributed by atoms with van der Waals surface area (Å²) in [6.07, 6.45) is 0.508. The first-order valence-electron chi connectivity index (χ1n) is 4.89. The zero-order chi connectivity index (χ0) is 11.9. The summed E-state index contributed by atoms with van der Waals surface area (Å²) >= 11 is 0. The predicted octanol–water partition coefficient (Wildman–Crippen LogP) is 0.318. The van der Waals surface area contributed by atoms with Crippen LogP contribution in [0, 0.1) is 6.92 Å². The summed E-state index contributed by atoms with van der Waals surface area (Å²) in [5.74, 6) is -0.618. The molecule has 0 aliphatic carbocycles. The molecule has 1 saturated heterocycles. The minimum Gasteiger partial charge on any atom is -0.476 e. The van der Waals surface area contributed by atoms with Crippen LogP contribution in [-0.4, -0.2) is 41.0 Å². The molecule has 1 aromatic rings. The molecule has 2 N–H and O–H groups in total. The Bertz CT molecular complexity index is 532. The Morgan fingerprint density at radius 2 is 2.25 bits per heavy atom. The van der Waals surface area contributed by atoms with Gasteiger partial charge in [-0.2, -0.15) is 0 Å². The number of nitrogens with zero attached hydrogens (tertiary/aromatic N) is 1. The monoisotopic (exact) mass is 244 g/mol. The predicted molar refractivity (Wildman–Crippen MR) is 56.3 cm³/mol. The van der Waals surface area contributed by atoms with Gasteiger partial charge in [-0.1, -0.05) is 0 Å². The Balaban J connectivity index is 2.30. The van der Waals surface area contributed by atoms with E-state index in [0.717, 1.165) is 0 Å². The van der Waals surface area contributed by atoms with Gasteiger partial charge in [0, 0.05) is 11.6 Å². The maximum absolute atomic E-state index is 11.3. The van der Waals surface area contributed by atoms with Crippen molar-refractivity contribution < 1.29 is 18.3 Å². The quantitative estimate of drug-likeness (QED) is 0.780. The molecule has 1 aromatic heterocycles. The number of carboxylic acids is 1. The third-order valence-corrected chi connectivity index (χ3v) is 4.49. The molecule has 0 aromatic carbocycles. The highest BCUT2D eigenvalue weighted by Gasteiger charge is 2.31. The van der Waals surface area contributed by atoms with Crippen molar-refractivity contribution in [1.29, 1.82) is 0 Å². The normalized spacial score (nSPS) is 23.4. The average molecular weight is 244 g/mol. The van der Waals surface area contributed by atoms with E-state index in [-0.39, 0.29) is 23.1 Å². The molecule has 1 atom stereocenters. The largest absolute Gasteiger partial charge is 0.476 e. The van der Waals surface area contributed by atoms with Crippen molar-refractivity contribution in [1.82, 2.24) is 9.97 Å². The van der Waals surface area contributed by atoms with Crippen molar-refractivity contribution in [2.75, 3.05) is 11.5 Å². The first-order valence-corrected chi connectivity index (χ1v) is 6.71.